The number of aryl methyl sites for hydroxylation is 1. The number of nitrogens with two attached hydrogens (primary N) is 2. The molecule has 2 aromatic heterocycles. The lowest BCUT2D eigenvalue weighted by Gasteiger charge is -2.27. The van der Waals surface area contributed by atoms with E-state index in [1.54, 1.807) is 0 Å². The van der Waals surface area contributed by atoms with Gasteiger partial charge in [0.2, 0.25) is 0 Å². The van der Waals surface area contributed by atoms with Crippen LogP contribution in [0.3, 0.4) is 0 Å². The van der Waals surface area contributed by atoms with Crippen molar-refractivity contribution in [1.29, 1.82) is 5.41 Å². The summed E-state index contributed by atoms with van der Waals surface area (Å²) >= 11 is 1.88. The molecule has 5 N–H and O–H groups in total. The number of rotatable bonds is 4. The molecule has 0 aliphatic heterocycles. The van der Waals surface area contributed by atoms with Crippen molar-refractivity contribution in [2.24, 2.45) is 11.5 Å². The van der Waals surface area contributed by atoms with Crippen molar-refractivity contribution in [2.75, 3.05) is 0 Å². The second-order valence-corrected chi connectivity index (χ2v) is 13.3. The summed E-state index contributed by atoms with van der Waals surface area (Å²) in [5, 5.41) is 10.3. The second-order valence-electron chi connectivity index (χ2n) is 12.2. The maximum absolute atomic E-state index is 6.95. The highest BCUT2D eigenvalue weighted by molar-refractivity contribution is 7.25. The van der Waals surface area contributed by atoms with Crippen LogP contribution in [-0.2, 0) is 5.66 Å². The third-order valence-electron chi connectivity index (χ3n) is 9.11. The predicted molar refractivity (Wildman–Crippen MR) is 214 cm³/mol. The van der Waals surface area contributed by atoms with Crippen LogP contribution in [0.5, 0.6) is 0 Å². The molecule has 2 heterocycles. The Morgan fingerprint density at radius 2 is 1.08 bits per heavy atom. The normalized spacial score (nSPS) is 11.3. The number of fused-ring (bicyclic) bond motifs is 6. The Morgan fingerprint density at radius 3 is 1.78 bits per heavy atom. The van der Waals surface area contributed by atoms with Gasteiger partial charge in [0.05, 0.1) is 0 Å². The summed E-state index contributed by atoms with van der Waals surface area (Å²) in [5.41, 5.74) is 21.7. The van der Waals surface area contributed by atoms with Crippen molar-refractivity contribution in [3.8, 4) is 22.3 Å². The lowest BCUT2D eigenvalue weighted by Crippen LogP contribution is -2.47. The fourth-order valence-electron chi connectivity index (χ4n) is 6.65. The molecule has 0 atom stereocenters. The Hall–Kier alpha value is -5.85. The molecule has 0 aliphatic carbocycles. The van der Waals surface area contributed by atoms with E-state index in [2.05, 4.69) is 111 Å². The van der Waals surface area contributed by atoms with Gasteiger partial charge in [-0.05, 0) is 77.4 Å². The van der Waals surface area contributed by atoms with Gasteiger partial charge in [0.15, 0.2) is 0 Å². The van der Waals surface area contributed by atoms with Crippen LogP contribution in [0.25, 0.3) is 64.4 Å². The van der Waals surface area contributed by atoms with Gasteiger partial charge in [-0.3, -0.25) is 0 Å². The van der Waals surface area contributed by atoms with Crippen molar-refractivity contribution < 1.29 is 4.42 Å². The third kappa shape index (κ3) is 6.10. The van der Waals surface area contributed by atoms with Crippen LogP contribution >= 0.6 is 11.3 Å². The molecular formula is C45H37N3OS. The molecule has 5 heteroatoms. The second kappa shape index (κ2) is 13.9. The first-order chi connectivity index (χ1) is 24.5. The van der Waals surface area contributed by atoms with Gasteiger partial charge in [-0.1, -0.05) is 133 Å². The molecule has 50 heavy (non-hydrogen) atoms. The van der Waals surface area contributed by atoms with Crippen molar-refractivity contribution >= 4 is 60.2 Å². The van der Waals surface area contributed by atoms with Gasteiger partial charge >= 0.3 is 0 Å². The Kier molecular flexibility index (Phi) is 9.11. The van der Waals surface area contributed by atoms with Crippen molar-refractivity contribution in [1.82, 2.24) is 0 Å². The molecule has 0 unspecified atom stereocenters. The smallest absolute Gasteiger partial charge is 0.136 e. The molecular weight excluding hydrogens is 631 g/mol. The number of hydrogen-bond acceptors (Lipinski definition) is 5. The van der Waals surface area contributed by atoms with E-state index in [9.17, 15) is 0 Å². The maximum atomic E-state index is 6.95. The fraction of sp³-hybridized carbons (Fsp3) is 0.0444. The van der Waals surface area contributed by atoms with E-state index in [4.69, 9.17) is 21.3 Å². The highest BCUT2D eigenvalue weighted by Gasteiger charge is 2.29. The van der Waals surface area contributed by atoms with Gasteiger partial charge in [0.25, 0.3) is 0 Å². The van der Waals surface area contributed by atoms with Crippen LogP contribution in [-0.4, -0.2) is 6.72 Å². The maximum Gasteiger partial charge on any atom is 0.136 e. The molecule has 0 saturated carbocycles. The van der Waals surface area contributed by atoms with Crippen LogP contribution in [0.15, 0.2) is 168 Å². The van der Waals surface area contributed by atoms with E-state index in [-0.39, 0.29) is 0 Å². The zero-order chi connectivity index (χ0) is 34.7. The van der Waals surface area contributed by atoms with E-state index in [0.29, 0.717) is 0 Å². The number of para-hydroxylation sites is 1. The predicted octanol–water partition coefficient (Wildman–Crippen LogP) is 11.7. The number of furan rings is 1. The van der Waals surface area contributed by atoms with E-state index < -0.39 is 5.66 Å². The Morgan fingerprint density at radius 1 is 0.520 bits per heavy atom. The molecule has 0 aliphatic rings. The average Bonchev–Trinajstić information content (AvgIpc) is 3.75. The zero-order valence-corrected chi connectivity index (χ0v) is 28.6. The molecule has 7 aromatic carbocycles. The highest BCUT2D eigenvalue weighted by atomic mass is 32.1. The molecule has 244 valence electrons. The van der Waals surface area contributed by atoms with E-state index in [1.807, 2.05) is 78.1 Å². The molecule has 9 aromatic rings. The first-order valence-corrected chi connectivity index (χ1v) is 17.3. The minimum Gasteiger partial charge on any atom is -0.456 e. The molecule has 0 spiro atoms. The van der Waals surface area contributed by atoms with E-state index >= 15 is 0 Å². The van der Waals surface area contributed by atoms with Crippen molar-refractivity contribution in [2.45, 2.75) is 12.6 Å². The summed E-state index contributed by atoms with van der Waals surface area (Å²) in [6.45, 7) is 4.68. The lowest BCUT2D eigenvalue weighted by atomic mass is 9.86. The summed E-state index contributed by atoms with van der Waals surface area (Å²) in [7, 11) is 0. The third-order valence-corrected chi connectivity index (χ3v) is 10.2. The van der Waals surface area contributed by atoms with Crippen LogP contribution in [0.1, 0.15) is 16.7 Å². The van der Waals surface area contributed by atoms with Gasteiger partial charge in [0.1, 0.15) is 16.8 Å². The molecule has 0 bridgehead atoms. The molecule has 0 radical (unpaired) electrons. The largest absolute Gasteiger partial charge is 0.456 e. The molecule has 0 amide bonds. The summed E-state index contributed by atoms with van der Waals surface area (Å²) in [6, 6.07) is 56.0. The minimum atomic E-state index is -1.22. The van der Waals surface area contributed by atoms with Crippen LogP contribution < -0.4 is 11.5 Å². The lowest BCUT2D eigenvalue weighted by molar-refractivity contribution is 0.572. The SMILES string of the molecule is C=N.Cc1cccc2sc3ccccc3c12.NC(N)(c1ccc(-c2ccccc2)cc1)c1cc(-c2ccccc2)cc2oc3ccccc3c12. The topological polar surface area (TPSA) is 89.0 Å². The number of benzene rings is 7. The Bertz CT molecular complexity index is 2550. The Balaban J connectivity index is 0.000000203. The number of thiophene rings is 1. The number of hydrogen-bond donors (Lipinski definition) is 3. The quantitative estimate of drug-likeness (QED) is 0.129. The van der Waals surface area contributed by atoms with E-state index in [0.717, 1.165) is 55.3 Å². The van der Waals surface area contributed by atoms with Gasteiger partial charge < -0.3 is 21.3 Å². The monoisotopic (exact) mass is 667 g/mol. The summed E-state index contributed by atoms with van der Waals surface area (Å²) < 4.78 is 9.03. The van der Waals surface area contributed by atoms with Crippen molar-refractivity contribution in [3.05, 3.63) is 180 Å². The van der Waals surface area contributed by atoms with E-state index in [1.165, 1.54) is 25.7 Å². The highest BCUT2D eigenvalue weighted by Crippen LogP contribution is 2.40. The summed E-state index contributed by atoms with van der Waals surface area (Å²) in [6.07, 6.45) is 0. The van der Waals surface area contributed by atoms with Crippen LogP contribution in [0.4, 0.5) is 0 Å². The van der Waals surface area contributed by atoms with Gasteiger partial charge in [0, 0.05) is 36.5 Å². The molecule has 4 nitrogen and oxygen atoms in total. The average molecular weight is 668 g/mol. The van der Waals surface area contributed by atoms with Crippen molar-refractivity contribution in [3.63, 3.8) is 0 Å². The summed E-state index contributed by atoms with van der Waals surface area (Å²) in [5.74, 6) is 0. The number of nitrogens with one attached hydrogen (secondary N) is 1. The molecule has 0 fully saturated rings. The first-order valence-electron chi connectivity index (χ1n) is 16.4. The molecule has 0 saturated heterocycles. The summed E-state index contributed by atoms with van der Waals surface area (Å²) in [4.78, 5) is 0. The standard InChI is InChI=1S/C31H24N2O.C13H10S.CH3N/c32-31(33,25-17-15-23(16-18-25)21-9-3-1-4-10-21)27-19-24(22-11-5-2-6-12-22)20-29-30(27)26-13-7-8-14-28(26)34-29;1-9-5-4-8-12-13(9)10-6-2-3-7-11(10)14-12;1-2/h1-20H,32-33H2;2-8H,1H3;2H,1H2. The van der Waals surface area contributed by atoms with Gasteiger partial charge in [-0.2, -0.15) is 0 Å². The Labute approximate surface area is 295 Å². The zero-order valence-electron chi connectivity index (χ0n) is 27.8. The van der Waals surface area contributed by atoms with Crippen LogP contribution in [0, 0.1) is 12.3 Å². The minimum absolute atomic E-state index is 0.777. The fourth-order valence-corrected chi connectivity index (χ4v) is 7.84. The molecule has 9 rings (SSSR count). The first kappa shape index (κ1) is 32.7. The van der Waals surface area contributed by atoms with Gasteiger partial charge in [-0.25, -0.2) is 0 Å². The van der Waals surface area contributed by atoms with Gasteiger partial charge in [-0.15, -0.1) is 11.3 Å². The van der Waals surface area contributed by atoms with Crippen LogP contribution in [0.2, 0.25) is 0 Å².